The summed E-state index contributed by atoms with van der Waals surface area (Å²) in [4.78, 5) is 2.50. The first-order valence-corrected chi connectivity index (χ1v) is 6.10. The van der Waals surface area contributed by atoms with Crippen molar-refractivity contribution in [3.05, 3.63) is 24.3 Å². The predicted octanol–water partition coefficient (Wildman–Crippen LogP) is 2.02. The zero-order valence-corrected chi connectivity index (χ0v) is 9.95. The van der Waals surface area contributed by atoms with Crippen molar-refractivity contribution in [1.82, 2.24) is 4.90 Å². The Morgan fingerprint density at radius 3 is 2.94 bits per heavy atom. The minimum absolute atomic E-state index is 0.763. The van der Waals surface area contributed by atoms with Gasteiger partial charge in [0, 0.05) is 13.1 Å². The average molecular weight is 219 g/mol. The van der Waals surface area contributed by atoms with Gasteiger partial charge in [0.2, 0.25) is 0 Å². The lowest BCUT2D eigenvalue weighted by atomic mass is 10.1. The molecule has 0 aromatic heterocycles. The fourth-order valence-corrected chi connectivity index (χ4v) is 2.28. The summed E-state index contributed by atoms with van der Waals surface area (Å²) in [7, 11) is 0. The minimum Gasteiger partial charge on any atom is -0.397 e. The molecule has 1 aromatic rings. The van der Waals surface area contributed by atoms with Gasteiger partial charge in [0.05, 0.1) is 11.4 Å². The molecule has 1 heterocycles. The van der Waals surface area contributed by atoms with Crippen molar-refractivity contribution in [2.24, 2.45) is 5.92 Å². The molecule has 0 bridgehead atoms. The number of hydrogen-bond acceptors (Lipinski definition) is 3. The molecule has 1 aliphatic heterocycles. The molecule has 3 heteroatoms. The molecule has 0 amide bonds. The average Bonchev–Trinajstić information content (AvgIpc) is 2.76. The third-order valence-corrected chi connectivity index (χ3v) is 3.36. The van der Waals surface area contributed by atoms with Crippen molar-refractivity contribution in [3.8, 4) is 0 Å². The van der Waals surface area contributed by atoms with E-state index in [1.54, 1.807) is 0 Å². The van der Waals surface area contributed by atoms with Crippen molar-refractivity contribution in [2.45, 2.75) is 13.3 Å². The molecule has 0 radical (unpaired) electrons. The highest BCUT2D eigenvalue weighted by molar-refractivity contribution is 5.65. The van der Waals surface area contributed by atoms with Gasteiger partial charge < -0.3 is 16.0 Å². The number of nitrogens with zero attached hydrogens (tertiary/aromatic N) is 1. The van der Waals surface area contributed by atoms with Gasteiger partial charge in [-0.15, -0.1) is 0 Å². The number of benzene rings is 1. The first-order chi connectivity index (χ1) is 7.79. The summed E-state index contributed by atoms with van der Waals surface area (Å²) in [5.74, 6) is 0.763. The van der Waals surface area contributed by atoms with Gasteiger partial charge in [-0.2, -0.15) is 0 Å². The molecule has 1 atom stereocenters. The van der Waals surface area contributed by atoms with Crippen LogP contribution in [0, 0.1) is 5.92 Å². The van der Waals surface area contributed by atoms with E-state index in [1.807, 2.05) is 24.3 Å². The van der Waals surface area contributed by atoms with E-state index in [0.717, 1.165) is 23.8 Å². The Labute approximate surface area is 97.6 Å². The van der Waals surface area contributed by atoms with Crippen molar-refractivity contribution < 1.29 is 0 Å². The second kappa shape index (κ2) is 5.21. The molecular formula is C13H21N3. The van der Waals surface area contributed by atoms with E-state index in [1.165, 1.54) is 26.1 Å². The summed E-state index contributed by atoms with van der Waals surface area (Å²) < 4.78 is 0. The Balaban J connectivity index is 1.82. The van der Waals surface area contributed by atoms with E-state index in [9.17, 15) is 0 Å². The second-order valence-electron chi connectivity index (χ2n) is 4.52. The fourth-order valence-electron chi connectivity index (χ4n) is 2.28. The lowest BCUT2D eigenvalue weighted by Gasteiger charge is -2.15. The quantitative estimate of drug-likeness (QED) is 0.761. The maximum Gasteiger partial charge on any atom is 0.0574 e. The van der Waals surface area contributed by atoms with Gasteiger partial charge >= 0.3 is 0 Å². The van der Waals surface area contributed by atoms with E-state index in [2.05, 4.69) is 17.1 Å². The molecule has 0 spiro atoms. The highest BCUT2D eigenvalue weighted by Crippen LogP contribution is 2.20. The third kappa shape index (κ3) is 2.67. The highest BCUT2D eigenvalue weighted by atomic mass is 15.1. The van der Waals surface area contributed by atoms with Gasteiger partial charge in [-0.3, -0.25) is 0 Å². The molecule has 2 rings (SSSR count). The van der Waals surface area contributed by atoms with Crippen LogP contribution in [0.15, 0.2) is 24.3 Å². The van der Waals surface area contributed by atoms with Crippen LogP contribution < -0.4 is 11.1 Å². The SMILES string of the molecule is CCN1CCC(CNc2ccccc2N)C1. The molecule has 16 heavy (non-hydrogen) atoms. The van der Waals surface area contributed by atoms with Crippen LogP contribution in [0.4, 0.5) is 11.4 Å². The van der Waals surface area contributed by atoms with E-state index in [4.69, 9.17) is 5.73 Å². The van der Waals surface area contributed by atoms with Crippen LogP contribution in [0.25, 0.3) is 0 Å². The molecule has 1 unspecified atom stereocenters. The van der Waals surface area contributed by atoms with E-state index >= 15 is 0 Å². The number of nitrogen functional groups attached to an aromatic ring is 1. The number of hydrogen-bond donors (Lipinski definition) is 2. The van der Waals surface area contributed by atoms with Crippen LogP contribution >= 0.6 is 0 Å². The zero-order chi connectivity index (χ0) is 11.4. The second-order valence-corrected chi connectivity index (χ2v) is 4.52. The topological polar surface area (TPSA) is 41.3 Å². The molecule has 1 aliphatic rings. The molecule has 88 valence electrons. The highest BCUT2D eigenvalue weighted by Gasteiger charge is 2.20. The number of likely N-dealkylation sites (tertiary alicyclic amines) is 1. The van der Waals surface area contributed by atoms with Gasteiger partial charge in [0.25, 0.3) is 0 Å². The van der Waals surface area contributed by atoms with Crippen LogP contribution in [-0.4, -0.2) is 31.1 Å². The standard InChI is InChI=1S/C13H21N3/c1-2-16-8-7-11(10-16)9-15-13-6-4-3-5-12(13)14/h3-6,11,15H,2,7-10,14H2,1H3. The lowest BCUT2D eigenvalue weighted by molar-refractivity contribution is 0.345. The normalized spacial score (nSPS) is 21.2. The third-order valence-electron chi connectivity index (χ3n) is 3.36. The van der Waals surface area contributed by atoms with Crippen molar-refractivity contribution in [2.75, 3.05) is 37.2 Å². The summed E-state index contributed by atoms with van der Waals surface area (Å²) >= 11 is 0. The van der Waals surface area contributed by atoms with Crippen molar-refractivity contribution in [3.63, 3.8) is 0 Å². The Kier molecular flexibility index (Phi) is 3.67. The van der Waals surface area contributed by atoms with E-state index in [0.29, 0.717) is 0 Å². The maximum absolute atomic E-state index is 5.89. The van der Waals surface area contributed by atoms with Crippen molar-refractivity contribution in [1.29, 1.82) is 0 Å². The Bertz CT molecular complexity index is 338. The molecule has 1 fully saturated rings. The first kappa shape index (κ1) is 11.3. The van der Waals surface area contributed by atoms with Crippen LogP contribution in [0.1, 0.15) is 13.3 Å². The number of rotatable bonds is 4. The smallest absolute Gasteiger partial charge is 0.0574 e. The molecule has 3 N–H and O–H groups in total. The monoisotopic (exact) mass is 219 g/mol. The largest absolute Gasteiger partial charge is 0.397 e. The maximum atomic E-state index is 5.89. The first-order valence-electron chi connectivity index (χ1n) is 6.10. The summed E-state index contributed by atoms with van der Waals surface area (Å²) in [5, 5.41) is 3.45. The van der Waals surface area contributed by atoms with Gasteiger partial charge in [-0.1, -0.05) is 19.1 Å². The summed E-state index contributed by atoms with van der Waals surface area (Å²) in [6.45, 7) is 6.89. The lowest BCUT2D eigenvalue weighted by Crippen LogP contribution is -2.22. The molecule has 1 aromatic carbocycles. The Hall–Kier alpha value is -1.22. The van der Waals surface area contributed by atoms with E-state index in [-0.39, 0.29) is 0 Å². The van der Waals surface area contributed by atoms with Crippen LogP contribution in [-0.2, 0) is 0 Å². The molecule has 0 saturated carbocycles. The molecule has 0 aliphatic carbocycles. The predicted molar refractivity (Wildman–Crippen MR) is 69.6 cm³/mol. The summed E-state index contributed by atoms with van der Waals surface area (Å²) in [6.07, 6.45) is 1.30. The van der Waals surface area contributed by atoms with Crippen LogP contribution in [0.2, 0.25) is 0 Å². The van der Waals surface area contributed by atoms with Crippen molar-refractivity contribution >= 4 is 11.4 Å². The zero-order valence-electron chi connectivity index (χ0n) is 9.95. The van der Waals surface area contributed by atoms with Gasteiger partial charge in [0.1, 0.15) is 0 Å². The number of para-hydroxylation sites is 2. The Morgan fingerprint density at radius 2 is 2.25 bits per heavy atom. The van der Waals surface area contributed by atoms with Gasteiger partial charge in [-0.25, -0.2) is 0 Å². The summed E-state index contributed by atoms with van der Waals surface area (Å²) in [6, 6.07) is 7.97. The minimum atomic E-state index is 0.763. The molecule has 3 nitrogen and oxygen atoms in total. The van der Waals surface area contributed by atoms with Crippen LogP contribution in [0.5, 0.6) is 0 Å². The van der Waals surface area contributed by atoms with Gasteiger partial charge in [0.15, 0.2) is 0 Å². The summed E-state index contributed by atoms with van der Waals surface area (Å²) in [5.41, 5.74) is 7.79. The van der Waals surface area contributed by atoms with Gasteiger partial charge in [-0.05, 0) is 37.6 Å². The van der Waals surface area contributed by atoms with Crippen LogP contribution in [0.3, 0.4) is 0 Å². The Morgan fingerprint density at radius 1 is 1.44 bits per heavy atom. The fraction of sp³-hybridized carbons (Fsp3) is 0.538. The number of anilines is 2. The molecule has 1 saturated heterocycles. The van der Waals surface area contributed by atoms with E-state index < -0.39 is 0 Å². The number of nitrogens with one attached hydrogen (secondary N) is 1. The number of nitrogens with two attached hydrogens (primary N) is 1. The molecular weight excluding hydrogens is 198 g/mol.